The van der Waals surface area contributed by atoms with Crippen LogP contribution in [0.15, 0.2) is 0 Å². The zero-order valence-corrected chi connectivity index (χ0v) is 12.3. The molecule has 1 aromatic heterocycles. The quantitative estimate of drug-likeness (QED) is 0.905. The van der Waals surface area contributed by atoms with E-state index in [1.54, 1.807) is 11.3 Å². The number of carbonyl (C=O) groups is 1. The van der Waals surface area contributed by atoms with E-state index in [9.17, 15) is 9.90 Å². The summed E-state index contributed by atoms with van der Waals surface area (Å²) in [5.74, 6) is -1.10. The van der Waals surface area contributed by atoms with Crippen molar-refractivity contribution in [1.82, 2.24) is 4.98 Å². The monoisotopic (exact) mass is 280 g/mol. The van der Waals surface area contributed by atoms with Crippen molar-refractivity contribution >= 4 is 22.4 Å². The van der Waals surface area contributed by atoms with Gasteiger partial charge < -0.3 is 10.0 Å². The number of anilines is 1. The summed E-state index contributed by atoms with van der Waals surface area (Å²) in [6.07, 6.45) is 3.96. The van der Waals surface area contributed by atoms with Crippen molar-refractivity contribution in [2.75, 3.05) is 18.0 Å². The average Bonchev–Trinajstić information content (AvgIpc) is 2.87. The molecule has 1 fully saturated rings. The number of thiazole rings is 1. The molecule has 1 atom stereocenters. The summed E-state index contributed by atoms with van der Waals surface area (Å²) in [7, 11) is 0. The van der Waals surface area contributed by atoms with Crippen LogP contribution >= 0.6 is 11.3 Å². The van der Waals surface area contributed by atoms with E-state index in [1.165, 1.54) is 17.7 Å². The van der Waals surface area contributed by atoms with Crippen LogP contribution in [0.25, 0.3) is 0 Å². The van der Waals surface area contributed by atoms with Crippen molar-refractivity contribution in [3.05, 3.63) is 10.6 Å². The van der Waals surface area contributed by atoms with Crippen molar-refractivity contribution < 1.29 is 9.90 Å². The molecule has 1 aliphatic carbocycles. The first-order chi connectivity index (χ1) is 8.96. The molecule has 0 aromatic carbocycles. The van der Waals surface area contributed by atoms with E-state index >= 15 is 0 Å². The van der Waals surface area contributed by atoms with Crippen molar-refractivity contribution in [3.8, 4) is 0 Å². The molecule has 4 nitrogen and oxygen atoms in total. The maximum Gasteiger partial charge on any atom is 0.312 e. The molecule has 5 heteroatoms. The predicted octanol–water partition coefficient (Wildman–Crippen LogP) is 2.88. The zero-order chi connectivity index (χ0) is 13.6. The largest absolute Gasteiger partial charge is 0.481 e. The number of rotatable bonds is 2. The molecular weight excluding hydrogens is 260 g/mol. The average molecular weight is 280 g/mol. The fourth-order valence-electron chi connectivity index (χ4n) is 2.89. The number of piperidine rings is 1. The molecular formula is C14H20N2O2S. The Morgan fingerprint density at radius 1 is 1.42 bits per heavy atom. The van der Waals surface area contributed by atoms with Gasteiger partial charge in [-0.15, -0.1) is 11.3 Å². The lowest BCUT2D eigenvalue weighted by atomic mass is 9.83. The smallest absolute Gasteiger partial charge is 0.312 e. The minimum Gasteiger partial charge on any atom is -0.481 e. The standard InChI is InChI=1S/C14H20N2O2S/c1-14(2)5-7-16(8-6-14)13-15-11-9(12(17)18)3-4-10(11)19-13/h9H,3-8H2,1-2H3,(H,17,18). The normalized spacial score (nSPS) is 25.4. The van der Waals surface area contributed by atoms with Crippen LogP contribution in [-0.4, -0.2) is 29.1 Å². The second-order valence-corrected chi connectivity index (χ2v) is 7.45. The van der Waals surface area contributed by atoms with Gasteiger partial charge in [-0.3, -0.25) is 4.79 Å². The third-order valence-corrected chi connectivity index (χ3v) is 5.58. The summed E-state index contributed by atoms with van der Waals surface area (Å²) < 4.78 is 0. The van der Waals surface area contributed by atoms with Crippen molar-refractivity contribution in [1.29, 1.82) is 0 Å². The number of aryl methyl sites for hydroxylation is 1. The first-order valence-corrected chi connectivity index (χ1v) is 7.75. The van der Waals surface area contributed by atoms with Gasteiger partial charge in [-0.1, -0.05) is 13.8 Å². The molecule has 1 saturated heterocycles. The molecule has 2 aliphatic rings. The van der Waals surface area contributed by atoms with Gasteiger partial charge in [0, 0.05) is 18.0 Å². The van der Waals surface area contributed by atoms with Crippen LogP contribution in [0.2, 0.25) is 0 Å². The van der Waals surface area contributed by atoms with Crippen LogP contribution < -0.4 is 4.90 Å². The Morgan fingerprint density at radius 2 is 2.11 bits per heavy atom. The maximum absolute atomic E-state index is 11.2. The number of hydrogen-bond donors (Lipinski definition) is 1. The van der Waals surface area contributed by atoms with Crippen LogP contribution in [0.1, 0.15) is 49.6 Å². The van der Waals surface area contributed by atoms with E-state index in [1.807, 2.05) is 0 Å². The zero-order valence-electron chi connectivity index (χ0n) is 11.5. The third kappa shape index (κ3) is 2.36. The van der Waals surface area contributed by atoms with E-state index in [4.69, 9.17) is 0 Å². The SMILES string of the molecule is CC1(C)CCN(c2nc3c(s2)CCC3C(=O)O)CC1. The van der Waals surface area contributed by atoms with Crippen LogP contribution in [0.3, 0.4) is 0 Å². The van der Waals surface area contributed by atoms with Gasteiger partial charge >= 0.3 is 5.97 Å². The minimum absolute atomic E-state index is 0.374. The molecule has 1 aliphatic heterocycles. The summed E-state index contributed by atoms with van der Waals surface area (Å²) in [6, 6.07) is 0. The van der Waals surface area contributed by atoms with Crippen LogP contribution in [-0.2, 0) is 11.2 Å². The van der Waals surface area contributed by atoms with Crippen LogP contribution in [0.4, 0.5) is 5.13 Å². The molecule has 1 unspecified atom stereocenters. The van der Waals surface area contributed by atoms with E-state index in [0.717, 1.165) is 36.8 Å². The van der Waals surface area contributed by atoms with Crippen LogP contribution in [0.5, 0.6) is 0 Å². The van der Waals surface area contributed by atoms with Gasteiger partial charge in [-0.05, 0) is 31.1 Å². The summed E-state index contributed by atoms with van der Waals surface area (Å²) in [5, 5.41) is 10.2. The van der Waals surface area contributed by atoms with Gasteiger partial charge in [-0.25, -0.2) is 4.98 Å². The number of carboxylic acids is 1. The third-order valence-electron chi connectivity index (χ3n) is 4.39. The molecule has 104 valence electrons. The molecule has 1 N–H and O–H groups in total. The predicted molar refractivity (Wildman–Crippen MR) is 76.0 cm³/mol. The Morgan fingerprint density at radius 3 is 2.74 bits per heavy atom. The molecule has 0 amide bonds. The number of fused-ring (bicyclic) bond motifs is 1. The molecule has 0 radical (unpaired) electrons. The molecule has 3 rings (SSSR count). The van der Waals surface area contributed by atoms with Crippen LogP contribution in [0, 0.1) is 5.41 Å². The Labute approximate surface area is 117 Å². The molecule has 19 heavy (non-hydrogen) atoms. The topological polar surface area (TPSA) is 53.4 Å². The number of hydrogen-bond acceptors (Lipinski definition) is 4. The van der Waals surface area contributed by atoms with E-state index in [0.29, 0.717) is 5.41 Å². The van der Waals surface area contributed by atoms with Crippen molar-refractivity contribution in [2.24, 2.45) is 5.41 Å². The Hall–Kier alpha value is -1.10. The van der Waals surface area contributed by atoms with Gasteiger partial charge in [0.05, 0.1) is 5.69 Å². The first-order valence-electron chi connectivity index (χ1n) is 6.94. The van der Waals surface area contributed by atoms with Gasteiger partial charge in [0.15, 0.2) is 5.13 Å². The number of nitrogens with zero attached hydrogens (tertiary/aromatic N) is 2. The van der Waals surface area contributed by atoms with Gasteiger partial charge in [-0.2, -0.15) is 0 Å². The Balaban J connectivity index is 1.78. The first kappa shape index (κ1) is 12.9. The summed E-state index contributed by atoms with van der Waals surface area (Å²) in [5.41, 5.74) is 1.26. The van der Waals surface area contributed by atoms with Crippen molar-refractivity contribution in [2.45, 2.75) is 45.4 Å². The molecule has 2 heterocycles. The van der Waals surface area contributed by atoms with E-state index in [2.05, 4.69) is 23.7 Å². The lowest BCUT2D eigenvalue weighted by molar-refractivity contribution is -0.138. The number of aliphatic carboxylic acids is 1. The Kier molecular flexibility index (Phi) is 3.04. The van der Waals surface area contributed by atoms with Gasteiger partial charge in [0.25, 0.3) is 0 Å². The molecule has 0 saturated carbocycles. The van der Waals surface area contributed by atoms with Gasteiger partial charge in [0.2, 0.25) is 0 Å². The van der Waals surface area contributed by atoms with E-state index < -0.39 is 5.97 Å². The minimum atomic E-state index is -0.727. The Bertz CT molecular complexity index is 500. The lowest BCUT2D eigenvalue weighted by Gasteiger charge is -2.36. The molecule has 0 bridgehead atoms. The number of carboxylic acid groups (broad SMARTS) is 1. The highest BCUT2D eigenvalue weighted by Gasteiger charge is 2.34. The summed E-state index contributed by atoms with van der Waals surface area (Å²) in [6.45, 7) is 6.70. The highest BCUT2D eigenvalue weighted by molar-refractivity contribution is 7.15. The van der Waals surface area contributed by atoms with Gasteiger partial charge in [0.1, 0.15) is 5.92 Å². The van der Waals surface area contributed by atoms with Crippen molar-refractivity contribution in [3.63, 3.8) is 0 Å². The number of aromatic nitrogens is 1. The second kappa shape index (κ2) is 4.47. The molecule has 1 aromatic rings. The maximum atomic E-state index is 11.2. The lowest BCUT2D eigenvalue weighted by Crippen LogP contribution is -2.37. The highest BCUT2D eigenvalue weighted by atomic mass is 32.1. The highest BCUT2D eigenvalue weighted by Crippen LogP contribution is 2.41. The fourth-order valence-corrected chi connectivity index (χ4v) is 4.08. The summed E-state index contributed by atoms with van der Waals surface area (Å²) >= 11 is 1.70. The molecule has 0 spiro atoms. The second-order valence-electron chi connectivity index (χ2n) is 6.39. The van der Waals surface area contributed by atoms with E-state index in [-0.39, 0.29) is 5.92 Å². The fraction of sp³-hybridized carbons (Fsp3) is 0.714. The summed E-state index contributed by atoms with van der Waals surface area (Å²) in [4.78, 5) is 19.3.